The fourth-order valence-electron chi connectivity index (χ4n) is 2.52. The van der Waals surface area contributed by atoms with E-state index in [4.69, 9.17) is 0 Å². The summed E-state index contributed by atoms with van der Waals surface area (Å²) in [5.41, 5.74) is -8.53. The number of hydrogen-bond donors (Lipinski definition) is 0. The van der Waals surface area contributed by atoms with E-state index in [1.165, 1.54) is 0 Å². The summed E-state index contributed by atoms with van der Waals surface area (Å²) in [5, 5.41) is 0. The summed E-state index contributed by atoms with van der Waals surface area (Å²) < 4.78 is 273. The van der Waals surface area contributed by atoms with Crippen molar-refractivity contribution >= 4 is 0 Å². The first kappa shape index (κ1) is 28.5. The predicted octanol–water partition coefficient (Wildman–Crippen LogP) is 6.45. The van der Waals surface area contributed by atoms with Crippen molar-refractivity contribution in [1.82, 2.24) is 4.90 Å². The van der Waals surface area contributed by atoms with Crippen LogP contribution >= 0.6 is 0 Å². The molecule has 1 aliphatic rings. The van der Waals surface area contributed by atoms with Gasteiger partial charge in [-0.1, -0.05) is 0 Å². The average Bonchev–Trinajstić information content (AvgIpc) is 2.53. The molecule has 0 aromatic carbocycles. The van der Waals surface area contributed by atoms with Gasteiger partial charge in [0.15, 0.2) is 0 Å². The summed E-state index contributed by atoms with van der Waals surface area (Å²) in [6, 6.07) is -8.82. The van der Waals surface area contributed by atoms with Gasteiger partial charge in [-0.3, -0.25) is 0 Å². The van der Waals surface area contributed by atoms with Crippen LogP contribution in [0.1, 0.15) is 0 Å². The summed E-state index contributed by atoms with van der Waals surface area (Å²) in [6.45, 7) is 0. The summed E-state index contributed by atoms with van der Waals surface area (Å²) >= 11 is 0. The standard InChI is InChI=1S/C10F21N/c11-1(7(21,22)23)2(12,13)4(16,17)6(20,3(1,14)15)32(10(29,30)31)9(27,28)5(18,19)8(24,25)26. The van der Waals surface area contributed by atoms with E-state index in [0.29, 0.717) is 0 Å². The molecule has 2 atom stereocenters. The number of alkyl halides is 21. The fraction of sp³-hybridized carbons (Fsp3) is 1.00. The minimum atomic E-state index is -8.91. The smallest absolute Gasteiger partial charge is 0.220 e. The molecule has 0 saturated heterocycles. The maximum atomic E-state index is 14.3. The lowest BCUT2D eigenvalue weighted by Gasteiger charge is -2.46. The lowest BCUT2D eigenvalue weighted by Crippen LogP contribution is -2.77. The maximum absolute atomic E-state index is 14.3. The second kappa shape index (κ2) is 6.33. The lowest BCUT2D eigenvalue weighted by molar-refractivity contribution is -0.491. The van der Waals surface area contributed by atoms with Crippen LogP contribution in [0.15, 0.2) is 0 Å². The highest BCUT2D eigenvalue weighted by Crippen LogP contribution is 2.75. The molecule has 0 heterocycles. The quantitative estimate of drug-likeness (QED) is 0.298. The number of hydrogen-bond acceptors (Lipinski definition) is 1. The van der Waals surface area contributed by atoms with Crippen molar-refractivity contribution in [2.45, 2.75) is 59.9 Å². The number of halogens is 21. The molecule has 2 unspecified atom stereocenters. The molecule has 0 aromatic heterocycles. The van der Waals surface area contributed by atoms with Gasteiger partial charge in [0.2, 0.25) is 0 Å². The average molecular weight is 533 g/mol. The molecule has 1 fully saturated rings. The monoisotopic (exact) mass is 533 g/mol. The van der Waals surface area contributed by atoms with Gasteiger partial charge in [-0.15, -0.1) is 4.90 Å². The second-order valence-corrected chi connectivity index (χ2v) is 5.92. The minimum Gasteiger partial charge on any atom is -0.220 e. The van der Waals surface area contributed by atoms with Gasteiger partial charge < -0.3 is 0 Å². The molecule has 22 heteroatoms. The van der Waals surface area contributed by atoms with Gasteiger partial charge in [0.1, 0.15) is 0 Å². The molecular formula is C10F21N. The number of rotatable bonds is 3. The fourth-order valence-corrected chi connectivity index (χ4v) is 2.52. The van der Waals surface area contributed by atoms with Crippen LogP contribution in [0.5, 0.6) is 0 Å². The second-order valence-electron chi connectivity index (χ2n) is 5.92. The Morgan fingerprint density at radius 2 is 0.812 bits per heavy atom. The maximum Gasteiger partial charge on any atom is 0.467 e. The highest BCUT2D eigenvalue weighted by atomic mass is 19.4. The molecule has 0 radical (unpaired) electrons. The first-order chi connectivity index (χ1) is 13.4. The molecule has 0 amide bonds. The third-order valence-electron chi connectivity index (χ3n) is 4.06. The SMILES string of the molecule is FC(F)(F)N(C(F)(F)C(F)(F)C(F)(F)F)C1(F)C(F)(F)C(F)(F)C(F)(C(F)(F)F)C1(F)F. The zero-order chi connectivity index (χ0) is 26.6. The summed E-state index contributed by atoms with van der Waals surface area (Å²) in [4.78, 5) is -5.21. The van der Waals surface area contributed by atoms with Crippen molar-refractivity contribution in [2.75, 3.05) is 0 Å². The Balaban J connectivity index is 4.26. The first-order valence-corrected chi connectivity index (χ1v) is 6.64. The Labute approximate surface area is 158 Å². The lowest BCUT2D eigenvalue weighted by atomic mass is 9.95. The van der Waals surface area contributed by atoms with Gasteiger partial charge in [0.05, 0.1) is 0 Å². The largest absolute Gasteiger partial charge is 0.467 e. The van der Waals surface area contributed by atoms with Crippen LogP contribution in [-0.2, 0) is 0 Å². The van der Waals surface area contributed by atoms with Crippen LogP contribution in [0.2, 0.25) is 0 Å². The van der Waals surface area contributed by atoms with E-state index in [1.54, 1.807) is 0 Å². The van der Waals surface area contributed by atoms with Gasteiger partial charge in [0.25, 0.3) is 0 Å². The first-order valence-electron chi connectivity index (χ1n) is 6.64. The molecule has 0 aromatic rings. The van der Waals surface area contributed by atoms with Gasteiger partial charge in [-0.2, -0.15) is 83.4 Å². The normalized spacial score (nSPS) is 31.3. The van der Waals surface area contributed by atoms with Crippen molar-refractivity contribution in [3.05, 3.63) is 0 Å². The molecule has 192 valence electrons. The molecule has 1 nitrogen and oxygen atoms in total. The molecule has 0 N–H and O–H groups in total. The van der Waals surface area contributed by atoms with Crippen LogP contribution in [0.25, 0.3) is 0 Å². The summed E-state index contributed by atoms with van der Waals surface area (Å²) in [7, 11) is 0. The van der Waals surface area contributed by atoms with Crippen molar-refractivity contribution in [1.29, 1.82) is 0 Å². The molecular weight excluding hydrogens is 533 g/mol. The Morgan fingerprint density at radius 1 is 0.469 bits per heavy atom. The highest BCUT2D eigenvalue weighted by Gasteiger charge is 3.08. The molecule has 0 aliphatic heterocycles. The van der Waals surface area contributed by atoms with E-state index in [0.717, 1.165) is 0 Å². The van der Waals surface area contributed by atoms with Crippen molar-refractivity contribution in [3.63, 3.8) is 0 Å². The zero-order valence-electron chi connectivity index (χ0n) is 13.4. The van der Waals surface area contributed by atoms with Crippen molar-refractivity contribution in [3.8, 4) is 0 Å². The Bertz CT molecular complexity index is 739. The van der Waals surface area contributed by atoms with E-state index >= 15 is 0 Å². The highest BCUT2D eigenvalue weighted by molar-refractivity contribution is 5.32. The Kier molecular flexibility index (Phi) is 5.64. The minimum absolute atomic E-state index is 5.21. The Hall–Kier alpha value is -1.51. The van der Waals surface area contributed by atoms with Gasteiger partial charge in [0, 0.05) is 0 Å². The molecule has 1 saturated carbocycles. The van der Waals surface area contributed by atoms with Crippen LogP contribution < -0.4 is 0 Å². The third-order valence-corrected chi connectivity index (χ3v) is 4.06. The molecule has 32 heavy (non-hydrogen) atoms. The van der Waals surface area contributed by atoms with E-state index in [9.17, 15) is 92.2 Å². The topological polar surface area (TPSA) is 3.24 Å². The van der Waals surface area contributed by atoms with Gasteiger partial charge >= 0.3 is 59.9 Å². The third kappa shape index (κ3) is 2.75. The summed E-state index contributed by atoms with van der Waals surface area (Å²) in [6.07, 6.45) is -24.7. The van der Waals surface area contributed by atoms with Crippen LogP contribution in [0, 0.1) is 0 Å². The zero-order valence-corrected chi connectivity index (χ0v) is 13.4. The van der Waals surface area contributed by atoms with Gasteiger partial charge in [-0.25, -0.2) is 8.78 Å². The predicted molar refractivity (Wildman–Crippen MR) is 52.4 cm³/mol. The van der Waals surface area contributed by atoms with E-state index in [-0.39, 0.29) is 0 Å². The van der Waals surface area contributed by atoms with E-state index in [2.05, 4.69) is 0 Å². The van der Waals surface area contributed by atoms with Crippen LogP contribution in [0.3, 0.4) is 0 Å². The molecule has 0 spiro atoms. The van der Waals surface area contributed by atoms with E-state index < -0.39 is 64.8 Å². The van der Waals surface area contributed by atoms with E-state index in [1.807, 2.05) is 0 Å². The van der Waals surface area contributed by atoms with Crippen LogP contribution in [0.4, 0.5) is 92.2 Å². The molecule has 1 rings (SSSR count). The molecule has 0 bridgehead atoms. The van der Waals surface area contributed by atoms with Crippen LogP contribution in [-0.4, -0.2) is 64.8 Å². The molecule has 1 aliphatic carbocycles. The van der Waals surface area contributed by atoms with Crippen molar-refractivity contribution < 1.29 is 92.2 Å². The Morgan fingerprint density at radius 3 is 1.03 bits per heavy atom. The summed E-state index contributed by atoms with van der Waals surface area (Å²) in [5.74, 6) is -43.4. The van der Waals surface area contributed by atoms with Gasteiger partial charge in [-0.05, 0) is 0 Å². The van der Waals surface area contributed by atoms with Crippen molar-refractivity contribution in [2.24, 2.45) is 0 Å². The number of nitrogens with zero attached hydrogens (tertiary/aromatic N) is 1.